The van der Waals surface area contributed by atoms with E-state index in [-0.39, 0.29) is 6.04 Å². The highest BCUT2D eigenvalue weighted by atomic mass is 35.5. The van der Waals surface area contributed by atoms with Gasteiger partial charge in [0.25, 0.3) is 0 Å². The number of benzene rings is 1. The number of hydrogen-bond acceptors (Lipinski definition) is 7. The van der Waals surface area contributed by atoms with Gasteiger partial charge in [-0.25, -0.2) is 9.97 Å². The second kappa shape index (κ2) is 7.19. The maximum absolute atomic E-state index is 9.00. The highest BCUT2D eigenvalue weighted by Crippen LogP contribution is 2.34. The lowest BCUT2D eigenvalue weighted by atomic mass is 10.2. The second-order valence-electron chi connectivity index (χ2n) is 6.15. The summed E-state index contributed by atoms with van der Waals surface area (Å²) in [6.07, 6.45) is 2.59. The van der Waals surface area contributed by atoms with Gasteiger partial charge in [-0.2, -0.15) is 10.2 Å². The lowest BCUT2D eigenvalue weighted by molar-refractivity contribution is 0.195. The van der Waals surface area contributed by atoms with Gasteiger partial charge in [0, 0.05) is 13.7 Å². The van der Waals surface area contributed by atoms with Crippen LogP contribution in [-0.2, 0) is 11.8 Å². The summed E-state index contributed by atoms with van der Waals surface area (Å²) in [7, 11) is 1.83. The van der Waals surface area contributed by atoms with Crippen LogP contribution in [0, 0.1) is 11.3 Å². The Labute approximate surface area is 165 Å². The summed E-state index contributed by atoms with van der Waals surface area (Å²) in [4.78, 5) is 13.4. The van der Waals surface area contributed by atoms with E-state index in [2.05, 4.69) is 25.6 Å². The minimum Gasteiger partial charge on any atom is -0.379 e. The third-order valence-corrected chi connectivity index (χ3v) is 4.88. The Balaban J connectivity index is 1.65. The number of aromatic nitrogens is 4. The van der Waals surface area contributed by atoms with Gasteiger partial charge >= 0.3 is 0 Å². The van der Waals surface area contributed by atoms with E-state index in [1.165, 1.54) is 0 Å². The van der Waals surface area contributed by atoms with Crippen LogP contribution >= 0.6 is 23.2 Å². The minimum absolute atomic E-state index is 0.213. The first kappa shape index (κ1) is 17.8. The van der Waals surface area contributed by atoms with E-state index in [4.69, 9.17) is 33.2 Å². The highest BCUT2D eigenvalue weighted by Gasteiger charge is 2.18. The van der Waals surface area contributed by atoms with E-state index in [0.29, 0.717) is 51.0 Å². The van der Waals surface area contributed by atoms with Crippen molar-refractivity contribution in [1.29, 1.82) is 5.26 Å². The first-order valence-electron chi connectivity index (χ1n) is 8.25. The summed E-state index contributed by atoms with van der Waals surface area (Å²) in [6, 6.07) is 5.32. The number of fused-ring (bicyclic) bond motifs is 1. The molecule has 2 aromatic heterocycles. The van der Waals surface area contributed by atoms with Crippen LogP contribution in [0.2, 0.25) is 10.0 Å². The summed E-state index contributed by atoms with van der Waals surface area (Å²) in [5.41, 5.74) is 2.16. The molecule has 1 aromatic carbocycles. The third-order valence-electron chi connectivity index (χ3n) is 4.28. The van der Waals surface area contributed by atoms with Gasteiger partial charge in [-0.3, -0.25) is 4.57 Å². The number of ether oxygens (including phenoxy) is 1. The number of nitriles is 1. The van der Waals surface area contributed by atoms with E-state index >= 15 is 0 Å². The zero-order valence-electron chi connectivity index (χ0n) is 14.3. The summed E-state index contributed by atoms with van der Waals surface area (Å²) >= 11 is 12.5. The van der Waals surface area contributed by atoms with Crippen molar-refractivity contribution in [3.05, 3.63) is 33.9 Å². The first-order valence-corrected chi connectivity index (χ1v) is 9.00. The van der Waals surface area contributed by atoms with Gasteiger partial charge in [-0.05, 0) is 18.6 Å². The van der Waals surface area contributed by atoms with Crippen molar-refractivity contribution >= 4 is 51.9 Å². The number of halogens is 2. The molecule has 0 radical (unpaired) electrons. The third kappa shape index (κ3) is 3.49. The van der Waals surface area contributed by atoms with E-state index in [0.717, 1.165) is 13.0 Å². The molecule has 1 fully saturated rings. The summed E-state index contributed by atoms with van der Waals surface area (Å²) in [5, 5.41) is 16.1. The van der Waals surface area contributed by atoms with Crippen LogP contribution < -0.4 is 10.6 Å². The molecule has 1 aliphatic heterocycles. The van der Waals surface area contributed by atoms with Gasteiger partial charge in [-0.1, -0.05) is 23.2 Å². The molecule has 0 unspecified atom stereocenters. The molecule has 8 nitrogen and oxygen atoms in total. The fourth-order valence-corrected chi connectivity index (χ4v) is 3.44. The van der Waals surface area contributed by atoms with Crippen molar-refractivity contribution in [2.75, 3.05) is 23.8 Å². The molecule has 0 saturated carbocycles. The molecule has 10 heteroatoms. The van der Waals surface area contributed by atoms with Gasteiger partial charge in [0.1, 0.15) is 5.52 Å². The fraction of sp³-hybridized carbons (Fsp3) is 0.294. The molecule has 0 spiro atoms. The van der Waals surface area contributed by atoms with Crippen molar-refractivity contribution < 1.29 is 4.74 Å². The van der Waals surface area contributed by atoms with Crippen LogP contribution in [0.1, 0.15) is 12.0 Å². The molecular weight excluding hydrogens is 389 g/mol. The molecule has 3 heterocycles. The number of aryl methyl sites for hydroxylation is 1. The lowest BCUT2D eigenvalue weighted by Crippen LogP contribution is -2.20. The summed E-state index contributed by atoms with van der Waals surface area (Å²) in [5.74, 6) is 1.04. The molecule has 4 rings (SSSR count). The zero-order chi connectivity index (χ0) is 19.0. The number of rotatable bonds is 4. The normalized spacial score (nSPS) is 16.4. The number of nitrogens with one attached hydrogen (secondary N) is 2. The van der Waals surface area contributed by atoms with Crippen molar-refractivity contribution in [3.63, 3.8) is 0 Å². The van der Waals surface area contributed by atoms with Gasteiger partial charge in [0.05, 0.1) is 46.2 Å². The summed E-state index contributed by atoms with van der Waals surface area (Å²) < 4.78 is 7.15. The highest BCUT2D eigenvalue weighted by molar-refractivity contribution is 6.39. The van der Waals surface area contributed by atoms with E-state index in [9.17, 15) is 0 Å². The molecule has 27 heavy (non-hydrogen) atoms. The Kier molecular flexibility index (Phi) is 4.74. The Morgan fingerprint density at radius 2 is 2.07 bits per heavy atom. The molecule has 0 aliphatic carbocycles. The Hall–Kier alpha value is -2.60. The van der Waals surface area contributed by atoms with Crippen LogP contribution in [0.25, 0.3) is 11.2 Å². The quantitative estimate of drug-likeness (QED) is 0.687. The molecule has 1 saturated heterocycles. The van der Waals surface area contributed by atoms with Crippen LogP contribution in [0.5, 0.6) is 0 Å². The zero-order valence-corrected chi connectivity index (χ0v) is 15.8. The SMILES string of the molecule is Cn1c(Nc2c(Cl)cc(C#N)cc2Cl)nc2cnc(N[C@@H]3CCOC3)nc21. The van der Waals surface area contributed by atoms with Crippen molar-refractivity contribution in [2.24, 2.45) is 7.05 Å². The summed E-state index contributed by atoms with van der Waals surface area (Å²) in [6.45, 7) is 1.39. The van der Waals surface area contributed by atoms with Gasteiger partial charge in [-0.15, -0.1) is 0 Å². The predicted molar refractivity (Wildman–Crippen MR) is 104 cm³/mol. The van der Waals surface area contributed by atoms with Crippen molar-refractivity contribution in [2.45, 2.75) is 12.5 Å². The van der Waals surface area contributed by atoms with Crippen LogP contribution in [0.3, 0.4) is 0 Å². The predicted octanol–water partition coefficient (Wildman–Crippen LogP) is 3.49. The molecule has 1 atom stereocenters. The average molecular weight is 404 g/mol. The molecule has 138 valence electrons. The Morgan fingerprint density at radius 1 is 1.30 bits per heavy atom. The Bertz CT molecular complexity index is 1030. The van der Waals surface area contributed by atoms with Gasteiger partial charge in [0.2, 0.25) is 11.9 Å². The first-order chi connectivity index (χ1) is 13.0. The largest absolute Gasteiger partial charge is 0.379 e. The maximum atomic E-state index is 9.00. The van der Waals surface area contributed by atoms with E-state index in [1.54, 1.807) is 22.9 Å². The maximum Gasteiger partial charge on any atom is 0.225 e. The average Bonchev–Trinajstić information content (AvgIpc) is 3.26. The number of hydrogen-bond donors (Lipinski definition) is 2. The standard InChI is InChI=1S/C17H15Cl2N7O/c1-26-15-13(7-21-16(25-15)22-10-2-3-27-8-10)23-17(26)24-14-11(18)4-9(6-20)5-12(14)19/h4-5,7,10H,2-3,8H2,1H3,(H,23,24)(H,21,22,25)/t10-/m1/s1. The Morgan fingerprint density at radius 3 is 2.74 bits per heavy atom. The number of anilines is 3. The molecule has 0 amide bonds. The lowest BCUT2D eigenvalue weighted by Gasteiger charge is -2.11. The van der Waals surface area contributed by atoms with E-state index < -0.39 is 0 Å². The van der Waals surface area contributed by atoms with Gasteiger partial charge < -0.3 is 15.4 Å². The molecule has 2 N–H and O–H groups in total. The molecule has 0 bridgehead atoms. The number of imidazole rings is 1. The van der Waals surface area contributed by atoms with Crippen LogP contribution in [0.15, 0.2) is 18.3 Å². The topological polar surface area (TPSA) is 101 Å². The minimum atomic E-state index is 0.213. The monoisotopic (exact) mass is 403 g/mol. The molecule has 3 aromatic rings. The second-order valence-corrected chi connectivity index (χ2v) is 6.97. The molecule has 1 aliphatic rings. The fourth-order valence-electron chi connectivity index (χ4n) is 2.86. The number of nitrogens with zero attached hydrogens (tertiary/aromatic N) is 5. The van der Waals surface area contributed by atoms with Crippen molar-refractivity contribution in [1.82, 2.24) is 19.5 Å². The van der Waals surface area contributed by atoms with Gasteiger partial charge in [0.15, 0.2) is 5.65 Å². The van der Waals surface area contributed by atoms with Crippen LogP contribution in [-0.4, -0.2) is 38.8 Å². The van der Waals surface area contributed by atoms with Crippen molar-refractivity contribution in [3.8, 4) is 6.07 Å². The van der Waals surface area contributed by atoms with E-state index in [1.807, 2.05) is 13.1 Å². The smallest absolute Gasteiger partial charge is 0.225 e. The van der Waals surface area contributed by atoms with Crippen LogP contribution in [0.4, 0.5) is 17.6 Å². The molecular formula is C17H15Cl2N7O.